The Balaban J connectivity index is 1.36. The van der Waals surface area contributed by atoms with Gasteiger partial charge < -0.3 is 14.6 Å². The second-order valence-corrected chi connectivity index (χ2v) is 9.19. The van der Waals surface area contributed by atoms with Crippen LogP contribution in [-0.2, 0) is 17.8 Å². The van der Waals surface area contributed by atoms with E-state index in [1.54, 1.807) is 6.07 Å². The Kier molecular flexibility index (Phi) is 7.76. The predicted molar refractivity (Wildman–Crippen MR) is 138 cm³/mol. The lowest BCUT2D eigenvalue weighted by Gasteiger charge is -2.12. The van der Waals surface area contributed by atoms with Crippen LogP contribution in [0.1, 0.15) is 28.9 Å². The second-order valence-electron chi connectivity index (χ2n) is 8.35. The molecule has 3 aromatic carbocycles. The molecule has 0 aliphatic carbocycles. The second kappa shape index (κ2) is 10.9. The fourth-order valence-electron chi connectivity index (χ4n) is 3.84. The molecule has 1 heterocycles. The predicted octanol–water partition coefficient (Wildman–Crippen LogP) is 6.14. The zero-order chi connectivity index (χ0) is 24.1. The number of rotatable bonds is 9. The molecule has 1 N–H and O–H groups in total. The summed E-state index contributed by atoms with van der Waals surface area (Å²) in [6.45, 7) is 5.11. The summed E-state index contributed by atoms with van der Waals surface area (Å²) in [5, 5.41) is 4.18. The van der Waals surface area contributed by atoms with Gasteiger partial charge in [-0.25, -0.2) is 4.98 Å². The summed E-state index contributed by atoms with van der Waals surface area (Å²) < 4.78 is 7.87. The highest BCUT2D eigenvalue weighted by atomic mass is 35.5. The Hall–Kier alpha value is -3.02. The molecule has 34 heavy (non-hydrogen) atoms. The van der Waals surface area contributed by atoms with E-state index < -0.39 is 0 Å². The third-order valence-electron chi connectivity index (χ3n) is 5.68. The number of hydrogen-bond donors (Lipinski definition) is 1. The van der Waals surface area contributed by atoms with Gasteiger partial charge in [-0.2, -0.15) is 0 Å². The van der Waals surface area contributed by atoms with E-state index in [1.807, 2.05) is 62.4 Å². The molecule has 0 bridgehead atoms. The van der Waals surface area contributed by atoms with E-state index in [0.29, 0.717) is 23.1 Å². The van der Waals surface area contributed by atoms with Crippen molar-refractivity contribution >= 4 is 40.1 Å². The summed E-state index contributed by atoms with van der Waals surface area (Å²) in [7, 11) is 0. The van der Waals surface area contributed by atoms with Crippen LogP contribution in [-0.4, -0.2) is 28.6 Å². The molecule has 1 amide bonds. The lowest BCUT2D eigenvalue weighted by Crippen LogP contribution is -2.30. The highest BCUT2D eigenvalue weighted by molar-refractivity contribution is 6.35. The van der Waals surface area contributed by atoms with Gasteiger partial charge in [0.15, 0.2) is 6.61 Å². The van der Waals surface area contributed by atoms with Crippen molar-refractivity contribution in [2.45, 2.75) is 33.2 Å². The molecule has 0 saturated carbocycles. The van der Waals surface area contributed by atoms with E-state index in [9.17, 15) is 4.79 Å². The molecule has 0 fully saturated rings. The number of carbonyl (C=O) groups is 1. The van der Waals surface area contributed by atoms with Crippen LogP contribution in [0.2, 0.25) is 10.0 Å². The molecule has 5 nitrogen and oxygen atoms in total. The Morgan fingerprint density at radius 3 is 2.71 bits per heavy atom. The SMILES string of the molecule is Cc1ccc(C)c(OCC(=O)NCCCc2nc3ccccc3n2Cc2ccc(Cl)cc2Cl)c1. The number of fused-ring (bicyclic) bond motifs is 1. The van der Waals surface area contributed by atoms with Gasteiger partial charge in [-0.3, -0.25) is 4.79 Å². The van der Waals surface area contributed by atoms with Crippen molar-refractivity contribution in [2.75, 3.05) is 13.2 Å². The number of nitrogens with zero attached hydrogens (tertiary/aromatic N) is 2. The molecule has 0 spiro atoms. The molecule has 0 aliphatic heterocycles. The van der Waals surface area contributed by atoms with Crippen LogP contribution in [0.5, 0.6) is 5.75 Å². The summed E-state index contributed by atoms with van der Waals surface area (Å²) in [4.78, 5) is 17.1. The maximum Gasteiger partial charge on any atom is 0.257 e. The van der Waals surface area contributed by atoms with Gasteiger partial charge >= 0.3 is 0 Å². The minimum absolute atomic E-state index is 0.00211. The first-order valence-electron chi connectivity index (χ1n) is 11.3. The normalized spacial score (nSPS) is 11.1. The zero-order valence-electron chi connectivity index (χ0n) is 19.3. The number of benzene rings is 3. The van der Waals surface area contributed by atoms with Crippen molar-refractivity contribution in [3.05, 3.63) is 93.2 Å². The van der Waals surface area contributed by atoms with Gasteiger partial charge in [-0.1, -0.05) is 53.5 Å². The summed E-state index contributed by atoms with van der Waals surface area (Å²) in [5.41, 5.74) is 5.08. The molecular formula is C27H27Cl2N3O2. The quantitative estimate of drug-likeness (QED) is 0.284. The number of para-hydroxylation sites is 2. The minimum atomic E-state index is -0.137. The first kappa shape index (κ1) is 24.1. The van der Waals surface area contributed by atoms with Gasteiger partial charge in [-0.15, -0.1) is 0 Å². The van der Waals surface area contributed by atoms with Gasteiger partial charge in [-0.05, 0) is 67.3 Å². The Labute approximate surface area is 209 Å². The van der Waals surface area contributed by atoms with Crippen molar-refractivity contribution in [2.24, 2.45) is 0 Å². The van der Waals surface area contributed by atoms with Crippen molar-refractivity contribution in [3.63, 3.8) is 0 Å². The van der Waals surface area contributed by atoms with Crippen LogP contribution >= 0.6 is 23.2 Å². The molecule has 4 aromatic rings. The molecule has 0 atom stereocenters. The monoisotopic (exact) mass is 495 g/mol. The van der Waals surface area contributed by atoms with Crippen LogP contribution in [0.4, 0.5) is 0 Å². The molecular weight excluding hydrogens is 469 g/mol. The van der Waals surface area contributed by atoms with Crippen molar-refractivity contribution in [3.8, 4) is 5.75 Å². The molecule has 0 unspecified atom stereocenters. The summed E-state index contributed by atoms with van der Waals surface area (Å²) in [6.07, 6.45) is 1.48. The third kappa shape index (κ3) is 5.91. The Morgan fingerprint density at radius 1 is 1.06 bits per heavy atom. The summed E-state index contributed by atoms with van der Waals surface area (Å²) in [6, 6.07) is 19.6. The molecule has 176 valence electrons. The molecule has 0 aliphatic rings. The zero-order valence-corrected chi connectivity index (χ0v) is 20.8. The summed E-state index contributed by atoms with van der Waals surface area (Å²) in [5.74, 6) is 1.56. The lowest BCUT2D eigenvalue weighted by molar-refractivity contribution is -0.123. The highest BCUT2D eigenvalue weighted by Crippen LogP contribution is 2.25. The van der Waals surface area contributed by atoms with E-state index in [4.69, 9.17) is 32.9 Å². The molecule has 0 saturated heterocycles. The topological polar surface area (TPSA) is 56.1 Å². The van der Waals surface area contributed by atoms with E-state index in [-0.39, 0.29) is 12.5 Å². The van der Waals surface area contributed by atoms with Crippen molar-refractivity contribution < 1.29 is 9.53 Å². The average molecular weight is 496 g/mol. The maximum atomic E-state index is 12.3. The minimum Gasteiger partial charge on any atom is -0.483 e. The van der Waals surface area contributed by atoms with E-state index in [0.717, 1.165) is 52.1 Å². The van der Waals surface area contributed by atoms with E-state index >= 15 is 0 Å². The molecule has 1 aromatic heterocycles. The van der Waals surface area contributed by atoms with Crippen LogP contribution in [0, 0.1) is 13.8 Å². The van der Waals surface area contributed by atoms with Crippen molar-refractivity contribution in [1.82, 2.24) is 14.9 Å². The number of carbonyl (C=O) groups excluding carboxylic acids is 1. The number of aryl methyl sites for hydroxylation is 3. The molecule has 7 heteroatoms. The fraction of sp³-hybridized carbons (Fsp3) is 0.259. The standard InChI is InChI=1S/C27H27Cl2N3O2/c1-18-9-10-19(2)25(14-18)34-17-27(33)30-13-5-8-26-31-23-6-3-4-7-24(23)32(26)16-20-11-12-21(28)15-22(20)29/h3-4,6-7,9-12,14-15H,5,8,13,16-17H2,1-2H3,(H,30,33). The largest absolute Gasteiger partial charge is 0.483 e. The molecule has 4 rings (SSSR count). The number of amides is 1. The van der Waals surface area contributed by atoms with Crippen molar-refractivity contribution in [1.29, 1.82) is 0 Å². The number of aromatic nitrogens is 2. The third-order valence-corrected chi connectivity index (χ3v) is 6.27. The van der Waals surface area contributed by atoms with E-state index in [1.165, 1.54) is 0 Å². The fourth-order valence-corrected chi connectivity index (χ4v) is 4.31. The van der Waals surface area contributed by atoms with E-state index in [2.05, 4.69) is 16.0 Å². The average Bonchev–Trinajstić information content (AvgIpc) is 3.16. The van der Waals surface area contributed by atoms with Crippen LogP contribution in [0.3, 0.4) is 0 Å². The summed E-state index contributed by atoms with van der Waals surface area (Å²) >= 11 is 12.5. The highest BCUT2D eigenvalue weighted by Gasteiger charge is 2.13. The Morgan fingerprint density at radius 2 is 1.88 bits per heavy atom. The first-order chi connectivity index (χ1) is 16.4. The van der Waals surface area contributed by atoms with Gasteiger partial charge in [0.2, 0.25) is 0 Å². The Bertz CT molecular complexity index is 1320. The number of nitrogens with one attached hydrogen (secondary N) is 1. The van der Waals surface area contributed by atoms with Crippen LogP contribution in [0.25, 0.3) is 11.0 Å². The van der Waals surface area contributed by atoms with Gasteiger partial charge in [0.25, 0.3) is 5.91 Å². The number of ether oxygens (including phenoxy) is 1. The first-order valence-corrected chi connectivity index (χ1v) is 12.0. The number of imidazole rings is 1. The van der Waals surface area contributed by atoms with Gasteiger partial charge in [0, 0.05) is 23.0 Å². The number of hydrogen-bond acceptors (Lipinski definition) is 3. The smallest absolute Gasteiger partial charge is 0.257 e. The lowest BCUT2D eigenvalue weighted by atomic mass is 10.1. The maximum absolute atomic E-state index is 12.3. The van der Waals surface area contributed by atoms with Gasteiger partial charge in [0.05, 0.1) is 17.6 Å². The number of halogens is 2. The van der Waals surface area contributed by atoms with Crippen LogP contribution < -0.4 is 10.1 Å². The van der Waals surface area contributed by atoms with Crippen LogP contribution in [0.15, 0.2) is 60.7 Å². The van der Waals surface area contributed by atoms with Gasteiger partial charge in [0.1, 0.15) is 11.6 Å². The molecule has 0 radical (unpaired) electrons.